The summed E-state index contributed by atoms with van der Waals surface area (Å²) in [4.78, 5) is 4.68. The molecule has 9 aromatic rings. The van der Waals surface area contributed by atoms with Crippen LogP contribution in [-0.4, -0.2) is 6.72 Å². The number of benzene rings is 9. The molecule has 9 aromatic carbocycles. The lowest BCUT2D eigenvalue weighted by molar-refractivity contribution is 1.26. The summed E-state index contributed by atoms with van der Waals surface area (Å²) in [6.45, 7) is 4.08. The summed E-state index contributed by atoms with van der Waals surface area (Å²) >= 11 is 0. The fourth-order valence-electron chi connectivity index (χ4n) is 9.15. The molecule has 0 unspecified atom stereocenters. The SMILES string of the molecule is C=Nc1c(/C(=C2/C=CC=CC2)c2ccc(-c3c(-c4ccccc4)c(-c4ccccc4)c(-c4ccccc4)c(-c4ccccc4)c3-c3ccccc3)cc2)ccc2ccccc12. The Labute approximate surface area is 358 Å². The van der Waals surface area contributed by atoms with Crippen LogP contribution in [0.15, 0.2) is 247 Å². The van der Waals surface area contributed by atoms with E-state index in [9.17, 15) is 0 Å². The summed E-state index contributed by atoms with van der Waals surface area (Å²) in [7, 11) is 0. The van der Waals surface area contributed by atoms with Gasteiger partial charge in [0.05, 0.1) is 5.69 Å². The average molecular weight is 778 g/mol. The lowest BCUT2D eigenvalue weighted by atomic mass is 9.74. The molecule has 0 spiro atoms. The number of hydrogen-bond donors (Lipinski definition) is 0. The van der Waals surface area contributed by atoms with Crippen molar-refractivity contribution in [1.82, 2.24) is 0 Å². The summed E-state index contributed by atoms with van der Waals surface area (Å²) in [5.41, 5.74) is 19.7. The summed E-state index contributed by atoms with van der Waals surface area (Å²) in [5.74, 6) is 0. The Hall–Kier alpha value is -7.87. The van der Waals surface area contributed by atoms with E-state index in [-0.39, 0.29) is 0 Å². The van der Waals surface area contributed by atoms with Gasteiger partial charge in [0, 0.05) is 10.9 Å². The minimum atomic E-state index is 0.828. The molecule has 0 atom stereocenters. The Balaban J connectivity index is 1.33. The van der Waals surface area contributed by atoms with Crippen molar-refractivity contribution in [3.05, 3.63) is 253 Å². The molecular weight excluding hydrogens is 735 g/mol. The first kappa shape index (κ1) is 37.4. The van der Waals surface area contributed by atoms with Crippen molar-refractivity contribution in [2.24, 2.45) is 4.99 Å². The average Bonchev–Trinajstić information content (AvgIpc) is 3.35. The van der Waals surface area contributed by atoms with Crippen LogP contribution in [0.5, 0.6) is 0 Å². The zero-order valence-electron chi connectivity index (χ0n) is 33.9. The van der Waals surface area contributed by atoms with Gasteiger partial charge in [-0.1, -0.05) is 237 Å². The molecular formula is C60H43N. The van der Waals surface area contributed by atoms with Crippen LogP contribution in [0.2, 0.25) is 0 Å². The molecule has 1 heteroatoms. The van der Waals surface area contributed by atoms with Crippen molar-refractivity contribution >= 4 is 28.8 Å². The Morgan fingerprint density at radius 1 is 0.377 bits per heavy atom. The van der Waals surface area contributed by atoms with Gasteiger partial charge in [0.25, 0.3) is 0 Å². The number of aliphatic imine (C=N–C) groups is 1. The van der Waals surface area contributed by atoms with Gasteiger partial charge in [-0.25, -0.2) is 0 Å². The number of nitrogens with zero attached hydrogens (tertiary/aromatic N) is 1. The van der Waals surface area contributed by atoms with Crippen molar-refractivity contribution in [3.63, 3.8) is 0 Å². The molecule has 288 valence electrons. The molecule has 0 aliphatic heterocycles. The monoisotopic (exact) mass is 777 g/mol. The van der Waals surface area contributed by atoms with E-state index in [0.29, 0.717) is 0 Å². The highest BCUT2D eigenvalue weighted by atomic mass is 14.7. The van der Waals surface area contributed by atoms with Crippen LogP contribution >= 0.6 is 0 Å². The van der Waals surface area contributed by atoms with Gasteiger partial charge in [-0.15, -0.1) is 0 Å². The van der Waals surface area contributed by atoms with E-state index < -0.39 is 0 Å². The van der Waals surface area contributed by atoms with Crippen LogP contribution in [0.25, 0.3) is 83.1 Å². The Kier molecular flexibility index (Phi) is 10.3. The van der Waals surface area contributed by atoms with Crippen LogP contribution in [0.1, 0.15) is 17.5 Å². The molecule has 0 heterocycles. The molecule has 0 saturated heterocycles. The van der Waals surface area contributed by atoms with Crippen molar-refractivity contribution in [3.8, 4) is 66.8 Å². The highest BCUT2D eigenvalue weighted by molar-refractivity contribution is 6.15. The minimum Gasteiger partial charge on any atom is -0.263 e. The molecule has 1 aliphatic rings. The van der Waals surface area contributed by atoms with Gasteiger partial charge < -0.3 is 0 Å². The Bertz CT molecular complexity index is 3000. The van der Waals surface area contributed by atoms with Crippen LogP contribution in [0.3, 0.4) is 0 Å². The summed E-state index contributed by atoms with van der Waals surface area (Å²) in [6.07, 6.45) is 9.57. The normalized spacial score (nSPS) is 13.0. The largest absolute Gasteiger partial charge is 0.263 e. The molecule has 1 aliphatic carbocycles. The highest BCUT2D eigenvalue weighted by Crippen LogP contribution is 2.56. The van der Waals surface area contributed by atoms with Gasteiger partial charge in [-0.3, -0.25) is 4.99 Å². The topological polar surface area (TPSA) is 12.4 Å². The Morgan fingerprint density at radius 3 is 1.16 bits per heavy atom. The fourth-order valence-corrected chi connectivity index (χ4v) is 9.15. The maximum Gasteiger partial charge on any atom is 0.0779 e. The van der Waals surface area contributed by atoms with Gasteiger partial charge in [-0.05, 0) is 102 Å². The van der Waals surface area contributed by atoms with Crippen LogP contribution in [-0.2, 0) is 0 Å². The second-order valence-electron chi connectivity index (χ2n) is 15.4. The second kappa shape index (κ2) is 16.8. The van der Waals surface area contributed by atoms with Crippen LogP contribution < -0.4 is 0 Å². The van der Waals surface area contributed by atoms with E-state index in [1.807, 2.05) is 0 Å². The number of hydrogen-bond acceptors (Lipinski definition) is 1. The van der Waals surface area contributed by atoms with E-state index in [0.717, 1.165) is 50.7 Å². The Morgan fingerprint density at radius 2 is 0.770 bits per heavy atom. The van der Waals surface area contributed by atoms with Gasteiger partial charge in [0.1, 0.15) is 0 Å². The van der Waals surface area contributed by atoms with Crippen molar-refractivity contribution < 1.29 is 0 Å². The zero-order valence-corrected chi connectivity index (χ0v) is 33.9. The molecule has 0 N–H and O–H groups in total. The summed E-state index contributed by atoms with van der Waals surface area (Å²) in [5, 5.41) is 2.25. The maximum atomic E-state index is 4.68. The highest BCUT2D eigenvalue weighted by Gasteiger charge is 2.29. The molecule has 0 aromatic heterocycles. The predicted molar refractivity (Wildman–Crippen MR) is 261 cm³/mol. The summed E-state index contributed by atoms with van der Waals surface area (Å²) < 4.78 is 0. The quantitative estimate of drug-likeness (QED) is 0.129. The molecule has 0 bridgehead atoms. The van der Waals surface area contributed by atoms with E-state index in [2.05, 4.69) is 248 Å². The van der Waals surface area contributed by atoms with Crippen LogP contribution in [0, 0.1) is 0 Å². The smallest absolute Gasteiger partial charge is 0.0779 e. The van der Waals surface area contributed by atoms with Gasteiger partial charge in [0.2, 0.25) is 0 Å². The van der Waals surface area contributed by atoms with E-state index in [1.54, 1.807) is 0 Å². The number of rotatable bonds is 9. The molecule has 0 fully saturated rings. The molecule has 1 nitrogen and oxygen atoms in total. The van der Waals surface area contributed by atoms with Crippen molar-refractivity contribution in [1.29, 1.82) is 0 Å². The third-order valence-electron chi connectivity index (χ3n) is 11.8. The van der Waals surface area contributed by atoms with Gasteiger partial charge in [0.15, 0.2) is 0 Å². The van der Waals surface area contributed by atoms with Crippen molar-refractivity contribution in [2.45, 2.75) is 6.42 Å². The van der Waals surface area contributed by atoms with E-state index in [1.165, 1.54) is 61.2 Å². The third-order valence-corrected chi connectivity index (χ3v) is 11.8. The van der Waals surface area contributed by atoms with Crippen LogP contribution in [0.4, 0.5) is 5.69 Å². The lowest BCUT2D eigenvalue weighted by Gasteiger charge is -2.29. The molecule has 10 rings (SSSR count). The number of allylic oxidation sites excluding steroid dienone is 5. The minimum absolute atomic E-state index is 0.828. The van der Waals surface area contributed by atoms with Gasteiger partial charge in [-0.2, -0.15) is 0 Å². The fraction of sp³-hybridized carbons (Fsp3) is 0.0167. The lowest BCUT2D eigenvalue weighted by Crippen LogP contribution is -2.02. The molecule has 0 radical (unpaired) electrons. The standard InChI is InChI=1S/C60H43N/c1-61-60-51-35-21-20-22-42(51)40-41-52(60)53(43-23-8-2-9-24-43)49-36-38-50(39-37-49)59-57(47-31-16-6-17-32-47)55(45-27-12-4-13-28-45)54(44-25-10-3-11-26-44)56(46-29-14-5-15-30-46)58(59)48-33-18-7-19-34-48/h2-23,25-41H,1,24H2/b53-43-. The third kappa shape index (κ3) is 7.07. The first-order chi connectivity index (χ1) is 30.3. The first-order valence-corrected chi connectivity index (χ1v) is 21.0. The maximum absolute atomic E-state index is 4.68. The molecule has 0 saturated carbocycles. The second-order valence-corrected chi connectivity index (χ2v) is 15.4. The summed E-state index contributed by atoms with van der Waals surface area (Å²) in [6, 6.07) is 76.9. The first-order valence-electron chi connectivity index (χ1n) is 21.0. The van der Waals surface area contributed by atoms with E-state index >= 15 is 0 Å². The zero-order chi connectivity index (χ0) is 41.0. The number of fused-ring (bicyclic) bond motifs is 1. The molecule has 61 heavy (non-hydrogen) atoms. The van der Waals surface area contributed by atoms with Gasteiger partial charge >= 0.3 is 0 Å². The predicted octanol–water partition coefficient (Wildman–Crippen LogP) is 16.5. The van der Waals surface area contributed by atoms with E-state index in [4.69, 9.17) is 0 Å². The molecule has 0 amide bonds. The van der Waals surface area contributed by atoms with Crippen molar-refractivity contribution in [2.75, 3.05) is 0 Å².